The van der Waals surface area contributed by atoms with Crippen LogP contribution in [0.4, 0.5) is 0 Å². The van der Waals surface area contributed by atoms with Gasteiger partial charge in [-0.05, 0) is 0 Å². The topological polar surface area (TPSA) is 63.2 Å². The lowest BCUT2D eigenvalue weighted by Gasteiger charge is -1.76. The van der Waals surface area contributed by atoms with E-state index in [1.54, 1.807) is 0 Å². The quantitative estimate of drug-likeness (QED) is 0.551. The first-order chi connectivity index (χ1) is 3.68. The molecule has 6 heteroatoms. The fraction of sp³-hybridized carbons (Fsp3) is 0.500. The van der Waals surface area contributed by atoms with Crippen molar-refractivity contribution in [2.75, 3.05) is 0 Å². The lowest BCUT2D eigenvalue weighted by molar-refractivity contribution is -0.116. The van der Waals surface area contributed by atoms with E-state index in [0.29, 0.717) is 0 Å². The van der Waals surface area contributed by atoms with Crippen molar-refractivity contribution in [2.45, 2.75) is 6.92 Å². The molecule has 0 aliphatic rings. The van der Waals surface area contributed by atoms with Gasteiger partial charge in [0.05, 0.1) is 0 Å². The number of halogens is 1. The van der Waals surface area contributed by atoms with Gasteiger partial charge in [-0.3, -0.25) is 9.14 Å². The van der Waals surface area contributed by atoms with E-state index in [1.165, 1.54) is 6.92 Å². The summed E-state index contributed by atoms with van der Waals surface area (Å²) in [5.41, 5.74) is 0. The Kier molecular flexibility index (Phi) is 13.2. The van der Waals surface area contributed by atoms with E-state index in [9.17, 15) is 4.79 Å². The first-order valence-electron chi connectivity index (χ1n) is 1.48. The van der Waals surface area contributed by atoms with Crippen molar-refractivity contribution in [3.8, 4) is 0 Å². The van der Waals surface area contributed by atoms with Crippen LogP contribution in [0.1, 0.15) is 6.92 Å². The van der Waals surface area contributed by atoms with E-state index in [1.807, 2.05) is 0 Å². The molecular formula is C2H4BrNO3S. The molecule has 0 fully saturated rings. The zero-order chi connectivity index (χ0) is 6.99. The van der Waals surface area contributed by atoms with Crippen molar-refractivity contribution in [2.24, 2.45) is 0 Å². The molecule has 0 aromatic rings. The van der Waals surface area contributed by atoms with E-state index in [-0.39, 0.29) is 5.91 Å². The fourth-order valence-electron chi connectivity index (χ4n) is 0. The average molecular weight is 202 g/mol. The summed E-state index contributed by atoms with van der Waals surface area (Å²) in [5, 5.41) is 0. The van der Waals surface area contributed by atoms with Gasteiger partial charge in [-0.15, -0.1) is 0 Å². The summed E-state index contributed by atoms with van der Waals surface area (Å²) < 4.78 is 18.8. The van der Waals surface area contributed by atoms with E-state index >= 15 is 0 Å². The highest BCUT2D eigenvalue weighted by molar-refractivity contribution is 9.08. The normalized spacial score (nSPS) is 5.75. The third kappa shape index (κ3) is 41.9. The van der Waals surface area contributed by atoms with Gasteiger partial charge >= 0.3 is 11.6 Å². The van der Waals surface area contributed by atoms with Crippen LogP contribution in [0.3, 0.4) is 0 Å². The zero-order valence-electron chi connectivity index (χ0n) is 4.01. The lowest BCUT2D eigenvalue weighted by atomic mass is 10.8. The van der Waals surface area contributed by atoms with E-state index in [2.05, 4.69) is 20.5 Å². The Morgan fingerprint density at radius 3 is 1.75 bits per heavy atom. The number of amides is 1. The second-order valence-electron chi connectivity index (χ2n) is 0.719. The number of carbonyl (C=O) groups excluding carboxylic acids is 1. The summed E-state index contributed by atoms with van der Waals surface area (Å²) in [7, 11) is 0. The molecule has 0 saturated heterocycles. The summed E-state index contributed by atoms with van der Waals surface area (Å²) in [6.45, 7) is 1.43. The van der Waals surface area contributed by atoms with Gasteiger partial charge in [0, 0.05) is 23.1 Å². The minimum absolute atomic E-state index is 0.0787. The Bertz CT molecular complexity index is 99.5. The average Bonchev–Trinajstić information content (AvgIpc) is 1.69. The van der Waals surface area contributed by atoms with Crippen molar-refractivity contribution < 1.29 is 13.2 Å². The Morgan fingerprint density at radius 1 is 1.62 bits per heavy atom. The molecule has 8 heavy (non-hydrogen) atoms. The molecule has 0 unspecified atom stereocenters. The second-order valence-corrected chi connectivity index (χ2v) is 1.25. The zero-order valence-corrected chi connectivity index (χ0v) is 6.41. The molecule has 0 radical (unpaired) electrons. The maximum atomic E-state index is 9.65. The van der Waals surface area contributed by atoms with Crippen molar-refractivity contribution in [3.63, 3.8) is 0 Å². The van der Waals surface area contributed by atoms with Gasteiger partial charge in [-0.2, -0.15) is 8.42 Å². The number of hydrogen-bond acceptors (Lipinski definition) is 3. The van der Waals surface area contributed by atoms with Crippen LogP contribution in [0.25, 0.3) is 0 Å². The van der Waals surface area contributed by atoms with Crippen molar-refractivity contribution in [1.29, 1.82) is 0 Å². The van der Waals surface area contributed by atoms with Gasteiger partial charge in [0.25, 0.3) is 0 Å². The van der Waals surface area contributed by atoms with E-state index < -0.39 is 11.6 Å². The molecule has 0 atom stereocenters. The second kappa shape index (κ2) is 9.91. The van der Waals surface area contributed by atoms with Gasteiger partial charge in [-0.1, -0.05) is 0 Å². The first-order valence-corrected chi connectivity index (χ1v) is 2.94. The van der Waals surface area contributed by atoms with Crippen LogP contribution < -0.4 is 4.34 Å². The summed E-state index contributed by atoms with van der Waals surface area (Å²) >= 11 is 1.96. The fourth-order valence-corrected chi connectivity index (χ4v) is 0. The summed E-state index contributed by atoms with van der Waals surface area (Å²) in [4.78, 5) is 9.65. The minimum Gasteiger partial charge on any atom is -0.293 e. The Hall–Kier alpha value is -0.230. The van der Waals surface area contributed by atoms with Crippen LogP contribution in [-0.2, 0) is 16.4 Å². The molecular weight excluding hydrogens is 198 g/mol. The summed E-state index contributed by atoms with van der Waals surface area (Å²) in [6.07, 6.45) is 0. The molecule has 0 spiro atoms. The van der Waals surface area contributed by atoms with Crippen molar-refractivity contribution in [3.05, 3.63) is 0 Å². The van der Waals surface area contributed by atoms with Crippen LogP contribution >= 0.6 is 16.1 Å². The van der Waals surface area contributed by atoms with Crippen molar-refractivity contribution >= 4 is 33.6 Å². The third-order valence-electron chi connectivity index (χ3n) is 0.133. The maximum absolute atomic E-state index is 9.65. The number of carbonyl (C=O) groups is 1. The van der Waals surface area contributed by atoms with Crippen LogP contribution in [0.15, 0.2) is 0 Å². The third-order valence-corrected chi connectivity index (χ3v) is 0.691. The molecule has 4 nitrogen and oxygen atoms in total. The van der Waals surface area contributed by atoms with E-state index in [4.69, 9.17) is 8.42 Å². The standard InChI is InChI=1S/C2H4BrNO.O2S/c1-2(5)4-3;1-3-2/h1H3,(H,4,5);. The number of nitrogens with one attached hydrogen (secondary N) is 1. The van der Waals surface area contributed by atoms with Gasteiger partial charge < -0.3 is 0 Å². The summed E-state index contributed by atoms with van der Waals surface area (Å²) in [5.74, 6) is -0.0787. The highest BCUT2D eigenvalue weighted by atomic mass is 79.9. The Morgan fingerprint density at radius 2 is 1.75 bits per heavy atom. The van der Waals surface area contributed by atoms with Crippen molar-refractivity contribution in [1.82, 2.24) is 4.34 Å². The molecule has 0 bridgehead atoms. The largest absolute Gasteiger partial charge is 0.335 e. The molecule has 0 rings (SSSR count). The number of rotatable bonds is 0. The molecule has 0 aliphatic heterocycles. The molecule has 48 valence electrons. The van der Waals surface area contributed by atoms with Crippen LogP contribution in [-0.4, -0.2) is 14.3 Å². The molecule has 1 N–H and O–H groups in total. The van der Waals surface area contributed by atoms with Crippen LogP contribution in [0.5, 0.6) is 0 Å². The monoisotopic (exact) mass is 201 g/mol. The Balaban J connectivity index is 0. The first kappa shape index (κ1) is 10.7. The highest BCUT2D eigenvalue weighted by Crippen LogP contribution is 1.63. The molecule has 0 heterocycles. The highest BCUT2D eigenvalue weighted by Gasteiger charge is 1.75. The lowest BCUT2D eigenvalue weighted by Crippen LogP contribution is -2.03. The predicted molar refractivity (Wildman–Crippen MR) is 31.7 cm³/mol. The van der Waals surface area contributed by atoms with E-state index in [0.717, 1.165) is 0 Å². The molecule has 0 aromatic carbocycles. The maximum Gasteiger partial charge on any atom is 0.335 e. The van der Waals surface area contributed by atoms with Crippen LogP contribution in [0.2, 0.25) is 0 Å². The van der Waals surface area contributed by atoms with Gasteiger partial charge in [0.1, 0.15) is 0 Å². The van der Waals surface area contributed by atoms with Crippen LogP contribution in [0, 0.1) is 0 Å². The Labute approximate surface area is 58.6 Å². The SMILES string of the molecule is CC(=O)NBr.O=S=O. The van der Waals surface area contributed by atoms with Gasteiger partial charge in [-0.25, -0.2) is 0 Å². The predicted octanol–water partition coefficient (Wildman–Crippen LogP) is -0.238. The molecule has 0 aromatic heterocycles. The van der Waals surface area contributed by atoms with Gasteiger partial charge in [0.2, 0.25) is 5.91 Å². The number of hydrogen-bond donors (Lipinski definition) is 1. The molecule has 0 aliphatic carbocycles. The minimum atomic E-state index is -0.750. The smallest absolute Gasteiger partial charge is 0.293 e. The van der Waals surface area contributed by atoms with Gasteiger partial charge in [0.15, 0.2) is 0 Å². The molecule has 0 saturated carbocycles. The summed E-state index contributed by atoms with van der Waals surface area (Å²) in [6, 6.07) is 0. The molecule has 1 amide bonds.